The minimum Gasteiger partial charge on any atom is -0.310 e. The molecule has 0 saturated carbocycles. The number of nitrogens with zero attached hydrogens (tertiary/aromatic N) is 3. The van der Waals surface area contributed by atoms with E-state index in [9.17, 15) is 9.18 Å². The Hall–Kier alpha value is -2.38. The zero-order valence-electron chi connectivity index (χ0n) is 13.7. The van der Waals surface area contributed by atoms with E-state index in [-0.39, 0.29) is 17.5 Å². The lowest BCUT2D eigenvalue weighted by molar-refractivity contribution is -0.113. The lowest BCUT2D eigenvalue weighted by atomic mass is 10.0. The summed E-state index contributed by atoms with van der Waals surface area (Å²) in [7, 11) is 0. The van der Waals surface area contributed by atoms with Crippen LogP contribution >= 0.6 is 23.4 Å². The topological polar surface area (TPSA) is 59.8 Å². The summed E-state index contributed by atoms with van der Waals surface area (Å²) in [4.78, 5) is 16.6. The van der Waals surface area contributed by atoms with E-state index < -0.39 is 5.25 Å². The van der Waals surface area contributed by atoms with Gasteiger partial charge < -0.3 is 5.32 Å². The van der Waals surface area contributed by atoms with Gasteiger partial charge in [-0.1, -0.05) is 17.7 Å². The van der Waals surface area contributed by atoms with Gasteiger partial charge in [0.25, 0.3) is 0 Å². The SMILES string of the molecule is Cc1nn(-c2ccccn2)c2c1[C@H](c1cc(Cl)ccc1F)SCC(=O)N2. The fourth-order valence-electron chi connectivity index (χ4n) is 2.99. The second-order valence-electron chi connectivity index (χ2n) is 5.85. The number of nitrogens with one attached hydrogen (secondary N) is 1. The van der Waals surface area contributed by atoms with E-state index in [2.05, 4.69) is 15.4 Å². The highest BCUT2D eigenvalue weighted by molar-refractivity contribution is 8.00. The average molecular weight is 389 g/mol. The van der Waals surface area contributed by atoms with E-state index in [0.29, 0.717) is 27.9 Å². The molecule has 1 aromatic carbocycles. The van der Waals surface area contributed by atoms with Crippen LogP contribution in [0.15, 0.2) is 42.6 Å². The molecule has 0 radical (unpaired) electrons. The predicted molar refractivity (Wildman–Crippen MR) is 100 cm³/mol. The number of anilines is 1. The molecule has 1 atom stereocenters. The van der Waals surface area contributed by atoms with Gasteiger partial charge in [-0.15, -0.1) is 11.8 Å². The average Bonchev–Trinajstić information content (AvgIpc) is 2.84. The molecular formula is C18H14ClFN4OS. The second kappa shape index (κ2) is 6.74. The summed E-state index contributed by atoms with van der Waals surface area (Å²) in [6, 6.07) is 9.90. The van der Waals surface area contributed by atoms with Crippen LogP contribution in [0, 0.1) is 12.7 Å². The molecule has 0 saturated heterocycles. The number of fused-ring (bicyclic) bond motifs is 1. The molecule has 0 fully saturated rings. The molecule has 1 amide bonds. The molecule has 1 N–H and O–H groups in total. The number of carbonyl (C=O) groups is 1. The number of carbonyl (C=O) groups excluding carboxylic acids is 1. The van der Waals surface area contributed by atoms with E-state index in [0.717, 1.165) is 5.56 Å². The van der Waals surface area contributed by atoms with E-state index in [1.54, 1.807) is 29.1 Å². The van der Waals surface area contributed by atoms with Crippen LogP contribution in [0.5, 0.6) is 0 Å². The standard InChI is InChI=1S/C18H14ClFN4OS/c1-10-16-17(12-8-11(19)5-6-13(12)20)26-9-15(25)22-18(16)24(23-10)14-4-2-3-7-21-14/h2-8,17H,9H2,1H3,(H,22,25)/t17-/m0/s1. The van der Waals surface area contributed by atoms with Gasteiger partial charge in [0.1, 0.15) is 11.6 Å². The molecule has 5 nitrogen and oxygen atoms in total. The van der Waals surface area contributed by atoms with Crippen LogP contribution in [-0.2, 0) is 4.79 Å². The number of pyridine rings is 1. The van der Waals surface area contributed by atoms with Gasteiger partial charge in [-0.3, -0.25) is 4.79 Å². The Bertz CT molecular complexity index is 992. The summed E-state index contributed by atoms with van der Waals surface area (Å²) in [6.07, 6.45) is 1.65. The smallest absolute Gasteiger partial charge is 0.235 e. The molecule has 4 rings (SSSR count). The van der Waals surface area contributed by atoms with Gasteiger partial charge in [0.05, 0.1) is 16.7 Å². The molecule has 0 bridgehead atoms. The minimum atomic E-state index is -0.403. The molecule has 2 aromatic heterocycles. The van der Waals surface area contributed by atoms with Crippen molar-refractivity contribution >= 4 is 35.1 Å². The van der Waals surface area contributed by atoms with Gasteiger partial charge in [-0.05, 0) is 37.3 Å². The quantitative estimate of drug-likeness (QED) is 0.716. The number of aromatic nitrogens is 3. The fraction of sp³-hybridized carbons (Fsp3) is 0.167. The first-order chi connectivity index (χ1) is 12.5. The Labute approximate surface area is 158 Å². The van der Waals surface area contributed by atoms with E-state index in [4.69, 9.17) is 11.6 Å². The first-order valence-electron chi connectivity index (χ1n) is 7.92. The van der Waals surface area contributed by atoms with Crippen LogP contribution in [0.25, 0.3) is 5.82 Å². The maximum Gasteiger partial charge on any atom is 0.235 e. The van der Waals surface area contributed by atoms with Crippen LogP contribution in [-0.4, -0.2) is 26.4 Å². The molecule has 8 heteroatoms. The summed E-state index contributed by atoms with van der Waals surface area (Å²) < 4.78 is 16.1. The molecule has 132 valence electrons. The number of hydrogen-bond acceptors (Lipinski definition) is 4. The summed E-state index contributed by atoms with van der Waals surface area (Å²) in [5, 5.41) is 7.47. The maximum absolute atomic E-state index is 14.5. The van der Waals surface area contributed by atoms with Crippen LogP contribution in [0.2, 0.25) is 5.02 Å². The minimum absolute atomic E-state index is 0.168. The number of hydrogen-bond donors (Lipinski definition) is 1. The number of amides is 1. The van der Waals surface area contributed by atoms with Crippen LogP contribution in [0.3, 0.4) is 0 Å². The molecule has 26 heavy (non-hydrogen) atoms. The van der Waals surface area contributed by atoms with Crippen molar-refractivity contribution in [3.8, 4) is 5.82 Å². The lowest BCUT2D eigenvalue weighted by Gasteiger charge is -2.16. The van der Waals surface area contributed by atoms with Crippen LogP contribution < -0.4 is 5.32 Å². The second-order valence-corrected chi connectivity index (χ2v) is 7.38. The first kappa shape index (κ1) is 17.1. The zero-order chi connectivity index (χ0) is 18.3. The molecule has 3 heterocycles. The number of rotatable bonds is 2. The van der Waals surface area contributed by atoms with Crippen molar-refractivity contribution in [2.24, 2.45) is 0 Å². The van der Waals surface area contributed by atoms with Gasteiger partial charge >= 0.3 is 0 Å². The Balaban J connectivity index is 1.93. The summed E-state index contributed by atoms with van der Waals surface area (Å²) in [6.45, 7) is 1.84. The van der Waals surface area contributed by atoms with Gasteiger partial charge in [-0.25, -0.2) is 9.37 Å². The summed E-state index contributed by atoms with van der Waals surface area (Å²) in [5.41, 5.74) is 1.89. The van der Waals surface area contributed by atoms with Crippen molar-refractivity contribution in [3.63, 3.8) is 0 Å². The van der Waals surface area contributed by atoms with E-state index in [1.165, 1.54) is 23.9 Å². The molecule has 3 aromatic rings. The Kier molecular flexibility index (Phi) is 4.42. The van der Waals surface area contributed by atoms with Crippen LogP contribution in [0.4, 0.5) is 10.2 Å². The Morgan fingerprint density at radius 1 is 1.35 bits per heavy atom. The monoisotopic (exact) mass is 388 g/mol. The Morgan fingerprint density at radius 2 is 2.19 bits per heavy atom. The highest BCUT2D eigenvalue weighted by atomic mass is 35.5. The summed E-state index contributed by atoms with van der Waals surface area (Å²) in [5.74, 6) is 0.762. The van der Waals surface area contributed by atoms with Gasteiger partial charge in [0, 0.05) is 22.3 Å². The van der Waals surface area contributed by atoms with Gasteiger partial charge in [-0.2, -0.15) is 9.78 Å². The van der Waals surface area contributed by atoms with E-state index in [1.807, 2.05) is 13.0 Å². The van der Waals surface area contributed by atoms with Crippen LogP contribution in [0.1, 0.15) is 22.1 Å². The number of aryl methyl sites for hydroxylation is 1. The van der Waals surface area contributed by atoms with Gasteiger partial charge in [0.2, 0.25) is 5.91 Å². The van der Waals surface area contributed by atoms with Crippen molar-refractivity contribution < 1.29 is 9.18 Å². The summed E-state index contributed by atoms with van der Waals surface area (Å²) >= 11 is 7.43. The predicted octanol–water partition coefficient (Wildman–Crippen LogP) is 4.14. The highest BCUT2D eigenvalue weighted by Gasteiger charge is 2.32. The maximum atomic E-state index is 14.5. The number of thioether (sulfide) groups is 1. The first-order valence-corrected chi connectivity index (χ1v) is 9.34. The molecular weight excluding hydrogens is 375 g/mol. The fourth-order valence-corrected chi connectivity index (χ4v) is 4.37. The van der Waals surface area contributed by atoms with E-state index >= 15 is 0 Å². The molecule has 0 spiro atoms. The highest BCUT2D eigenvalue weighted by Crippen LogP contribution is 2.44. The van der Waals surface area contributed by atoms with Crippen molar-refractivity contribution in [2.75, 3.05) is 11.1 Å². The Morgan fingerprint density at radius 3 is 2.96 bits per heavy atom. The molecule has 0 unspecified atom stereocenters. The number of halogens is 2. The van der Waals surface area contributed by atoms with Crippen molar-refractivity contribution in [2.45, 2.75) is 12.2 Å². The zero-order valence-corrected chi connectivity index (χ0v) is 15.3. The normalized spacial score (nSPS) is 16.7. The largest absolute Gasteiger partial charge is 0.310 e. The third kappa shape index (κ3) is 2.97. The lowest BCUT2D eigenvalue weighted by Crippen LogP contribution is -2.16. The third-order valence-corrected chi connectivity index (χ3v) is 5.60. The molecule has 1 aliphatic rings. The third-order valence-electron chi connectivity index (χ3n) is 4.11. The van der Waals surface area contributed by atoms with Gasteiger partial charge in [0.15, 0.2) is 5.82 Å². The van der Waals surface area contributed by atoms with Crippen molar-refractivity contribution in [1.82, 2.24) is 14.8 Å². The molecule has 0 aliphatic carbocycles. The van der Waals surface area contributed by atoms with Crippen molar-refractivity contribution in [3.05, 3.63) is 70.3 Å². The molecule has 1 aliphatic heterocycles. The van der Waals surface area contributed by atoms with Crippen molar-refractivity contribution in [1.29, 1.82) is 0 Å². The number of benzene rings is 1.